The molecule has 4 heteroatoms. The molecule has 1 amide bonds. The summed E-state index contributed by atoms with van der Waals surface area (Å²) in [5.74, 6) is 0.511. The highest BCUT2D eigenvalue weighted by Crippen LogP contribution is 2.51. The van der Waals surface area contributed by atoms with Gasteiger partial charge in [0.15, 0.2) is 0 Å². The third-order valence-electron chi connectivity index (χ3n) is 4.51. The van der Waals surface area contributed by atoms with Gasteiger partial charge < -0.3 is 11.1 Å². The zero-order valence-electron chi connectivity index (χ0n) is 11.5. The Balaban J connectivity index is 1.86. The number of anilines is 1. The number of hydrogen-bond donors (Lipinski definition) is 2. The molecular weight excluding hydrogens is 280 g/mol. The Kier molecular flexibility index (Phi) is 2.86. The Morgan fingerprint density at radius 2 is 2.19 bits per heavy atom. The van der Waals surface area contributed by atoms with E-state index < -0.39 is 0 Å². The molecule has 0 fully saturated rings. The molecule has 0 spiro atoms. The number of hydrogen-bond acceptors (Lipinski definition) is 3. The molecule has 3 N–H and O–H groups in total. The van der Waals surface area contributed by atoms with Gasteiger partial charge in [-0.15, -0.1) is 11.3 Å². The first-order chi connectivity index (χ1) is 10.3. The van der Waals surface area contributed by atoms with Gasteiger partial charge >= 0.3 is 0 Å². The van der Waals surface area contributed by atoms with Crippen molar-refractivity contribution < 1.29 is 4.79 Å². The summed E-state index contributed by atoms with van der Waals surface area (Å²) in [5, 5.41) is 5.69. The molecule has 4 rings (SSSR count). The topological polar surface area (TPSA) is 55.1 Å². The van der Waals surface area contributed by atoms with E-state index in [4.69, 9.17) is 5.73 Å². The van der Waals surface area contributed by atoms with Gasteiger partial charge in [0.1, 0.15) is 0 Å². The molecule has 3 unspecified atom stereocenters. The molecule has 2 aliphatic rings. The van der Waals surface area contributed by atoms with E-state index in [1.165, 1.54) is 10.4 Å². The van der Waals surface area contributed by atoms with Crippen molar-refractivity contribution in [2.45, 2.75) is 18.4 Å². The molecule has 2 heterocycles. The minimum atomic E-state index is -0.371. The number of nitrogens with one attached hydrogen (secondary N) is 1. The van der Waals surface area contributed by atoms with Crippen LogP contribution in [-0.4, -0.2) is 5.91 Å². The van der Waals surface area contributed by atoms with Crippen LogP contribution < -0.4 is 11.1 Å². The largest absolute Gasteiger partial charge is 0.376 e. The SMILES string of the molecule is NC(=O)c1cccc2c1NC(c1cccs1)C1CC=CC21. The molecule has 106 valence electrons. The smallest absolute Gasteiger partial charge is 0.250 e. The van der Waals surface area contributed by atoms with Gasteiger partial charge in [-0.2, -0.15) is 0 Å². The molecule has 1 aliphatic carbocycles. The predicted octanol–water partition coefficient (Wildman–Crippen LogP) is 3.67. The first-order valence-corrected chi connectivity index (χ1v) is 8.03. The van der Waals surface area contributed by atoms with Gasteiger partial charge in [0.05, 0.1) is 17.3 Å². The number of carbonyl (C=O) groups excluding carboxylic acids is 1. The Bertz CT molecular complexity index is 720. The van der Waals surface area contributed by atoms with E-state index in [1.807, 2.05) is 6.07 Å². The molecule has 0 bridgehead atoms. The lowest BCUT2D eigenvalue weighted by atomic mass is 9.78. The van der Waals surface area contributed by atoms with Crippen LogP contribution in [0.15, 0.2) is 47.9 Å². The molecule has 3 atom stereocenters. The van der Waals surface area contributed by atoms with Crippen LogP contribution in [0, 0.1) is 5.92 Å². The van der Waals surface area contributed by atoms with E-state index in [2.05, 4.69) is 41.0 Å². The van der Waals surface area contributed by atoms with E-state index in [9.17, 15) is 4.79 Å². The Hall–Kier alpha value is -2.07. The zero-order valence-corrected chi connectivity index (χ0v) is 12.3. The van der Waals surface area contributed by atoms with Crippen molar-refractivity contribution in [1.29, 1.82) is 0 Å². The maximum Gasteiger partial charge on any atom is 0.250 e. The van der Waals surface area contributed by atoms with Crippen LogP contribution in [0.4, 0.5) is 5.69 Å². The minimum Gasteiger partial charge on any atom is -0.376 e. The van der Waals surface area contributed by atoms with Crippen LogP contribution in [0.25, 0.3) is 0 Å². The van der Waals surface area contributed by atoms with Gasteiger partial charge in [0, 0.05) is 10.8 Å². The highest BCUT2D eigenvalue weighted by atomic mass is 32.1. The van der Waals surface area contributed by atoms with Crippen LogP contribution in [0.1, 0.15) is 39.2 Å². The van der Waals surface area contributed by atoms with Gasteiger partial charge in [-0.25, -0.2) is 0 Å². The summed E-state index contributed by atoms with van der Waals surface area (Å²) >= 11 is 1.76. The van der Waals surface area contributed by atoms with Gasteiger partial charge in [-0.1, -0.05) is 30.4 Å². The summed E-state index contributed by atoms with van der Waals surface area (Å²) in [6.45, 7) is 0. The summed E-state index contributed by atoms with van der Waals surface area (Å²) < 4.78 is 0. The molecule has 0 saturated heterocycles. The van der Waals surface area contributed by atoms with Crippen LogP contribution in [0.2, 0.25) is 0 Å². The summed E-state index contributed by atoms with van der Waals surface area (Å²) in [6.07, 6.45) is 5.60. The maximum absolute atomic E-state index is 11.7. The normalized spacial score (nSPS) is 26.0. The highest BCUT2D eigenvalue weighted by molar-refractivity contribution is 7.10. The lowest BCUT2D eigenvalue weighted by molar-refractivity contribution is 0.100. The Morgan fingerprint density at radius 1 is 1.29 bits per heavy atom. The standard InChI is InChI=1S/C17H16N2OS/c18-17(20)13-7-2-5-11-10-4-1-6-12(10)16(19-15(11)13)14-8-3-9-21-14/h1-5,7-10,12,16,19H,6H2,(H2,18,20). The zero-order chi connectivity index (χ0) is 14.4. The van der Waals surface area contributed by atoms with E-state index in [-0.39, 0.29) is 11.9 Å². The predicted molar refractivity (Wildman–Crippen MR) is 85.6 cm³/mol. The number of benzene rings is 1. The maximum atomic E-state index is 11.7. The Labute approximate surface area is 127 Å². The Morgan fingerprint density at radius 3 is 2.95 bits per heavy atom. The van der Waals surface area contributed by atoms with Crippen molar-refractivity contribution in [1.82, 2.24) is 0 Å². The van der Waals surface area contributed by atoms with Crippen molar-refractivity contribution >= 4 is 22.9 Å². The summed E-state index contributed by atoms with van der Waals surface area (Å²) in [6, 6.07) is 10.3. The molecule has 0 radical (unpaired) electrons. The molecule has 1 aliphatic heterocycles. The van der Waals surface area contributed by atoms with Crippen LogP contribution in [0.3, 0.4) is 0 Å². The fourth-order valence-electron chi connectivity index (χ4n) is 3.58. The third-order valence-corrected chi connectivity index (χ3v) is 5.47. The number of allylic oxidation sites excluding steroid dienone is 2. The van der Waals surface area contributed by atoms with E-state index in [0.29, 0.717) is 17.4 Å². The molecule has 0 saturated carbocycles. The number of primary amides is 1. The number of amides is 1. The summed E-state index contributed by atoms with van der Waals surface area (Å²) in [7, 11) is 0. The molecule has 1 aromatic carbocycles. The number of nitrogens with two attached hydrogens (primary N) is 1. The fraction of sp³-hybridized carbons (Fsp3) is 0.235. The number of fused-ring (bicyclic) bond motifs is 3. The quantitative estimate of drug-likeness (QED) is 0.831. The highest BCUT2D eigenvalue weighted by Gasteiger charge is 2.39. The van der Waals surface area contributed by atoms with Gasteiger partial charge in [-0.3, -0.25) is 4.79 Å². The second kappa shape index (κ2) is 4.74. The first-order valence-electron chi connectivity index (χ1n) is 7.15. The fourth-order valence-corrected chi connectivity index (χ4v) is 4.43. The molecule has 3 nitrogen and oxygen atoms in total. The lowest BCUT2D eigenvalue weighted by Gasteiger charge is -2.37. The van der Waals surface area contributed by atoms with E-state index in [0.717, 1.165) is 12.1 Å². The third kappa shape index (κ3) is 1.90. The average Bonchev–Trinajstić information content (AvgIpc) is 3.17. The van der Waals surface area contributed by atoms with Crippen molar-refractivity contribution in [2.24, 2.45) is 11.7 Å². The monoisotopic (exact) mass is 296 g/mol. The number of rotatable bonds is 2. The van der Waals surface area contributed by atoms with Gasteiger partial charge in [0.2, 0.25) is 0 Å². The number of carbonyl (C=O) groups is 1. The van der Waals surface area contributed by atoms with E-state index in [1.54, 1.807) is 17.4 Å². The second-order valence-electron chi connectivity index (χ2n) is 5.62. The average molecular weight is 296 g/mol. The van der Waals surface area contributed by atoms with Crippen LogP contribution >= 0.6 is 11.3 Å². The lowest BCUT2D eigenvalue weighted by Crippen LogP contribution is -2.30. The van der Waals surface area contributed by atoms with Crippen molar-refractivity contribution in [2.75, 3.05) is 5.32 Å². The molecule has 2 aromatic rings. The molecule has 1 aromatic heterocycles. The van der Waals surface area contributed by atoms with Crippen LogP contribution in [0.5, 0.6) is 0 Å². The van der Waals surface area contributed by atoms with Crippen LogP contribution in [-0.2, 0) is 0 Å². The number of para-hydroxylation sites is 1. The van der Waals surface area contributed by atoms with E-state index >= 15 is 0 Å². The van der Waals surface area contributed by atoms with Gasteiger partial charge in [0.25, 0.3) is 5.91 Å². The molecular formula is C17H16N2OS. The van der Waals surface area contributed by atoms with Gasteiger partial charge in [-0.05, 0) is 35.4 Å². The summed E-state index contributed by atoms with van der Waals surface area (Å²) in [5.41, 5.74) is 8.24. The molecule has 21 heavy (non-hydrogen) atoms. The summed E-state index contributed by atoms with van der Waals surface area (Å²) in [4.78, 5) is 13.0. The van der Waals surface area contributed by atoms with Crippen molar-refractivity contribution in [3.05, 3.63) is 63.9 Å². The second-order valence-corrected chi connectivity index (χ2v) is 6.60. The van der Waals surface area contributed by atoms with Crippen molar-refractivity contribution in [3.63, 3.8) is 0 Å². The first kappa shape index (κ1) is 12.7. The number of thiophene rings is 1. The van der Waals surface area contributed by atoms with Crippen molar-refractivity contribution in [3.8, 4) is 0 Å². The minimum absolute atomic E-state index is 0.248.